The number of urea groups is 1. The van der Waals surface area contributed by atoms with E-state index in [4.69, 9.17) is 0 Å². The van der Waals surface area contributed by atoms with E-state index in [1.165, 1.54) is 9.75 Å². The Kier molecular flexibility index (Phi) is 4.53. The molecule has 1 aliphatic rings. The smallest absolute Gasteiger partial charge is 0.317 e. The molecule has 22 heavy (non-hydrogen) atoms. The number of piperazine rings is 1. The summed E-state index contributed by atoms with van der Waals surface area (Å²) in [5, 5.41) is 2.99. The average Bonchev–Trinajstić information content (AvgIpc) is 2.99. The van der Waals surface area contributed by atoms with E-state index < -0.39 is 0 Å². The van der Waals surface area contributed by atoms with Crippen molar-refractivity contribution in [1.82, 2.24) is 20.2 Å². The monoisotopic (exact) mass is 317 g/mol. The van der Waals surface area contributed by atoms with Gasteiger partial charge in [-0.05, 0) is 19.1 Å². The maximum atomic E-state index is 12.2. The molecule has 0 aliphatic carbocycles. The maximum Gasteiger partial charge on any atom is 0.317 e. The van der Waals surface area contributed by atoms with Gasteiger partial charge in [-0.1, -0.05) is 0 Å². The molecule has 2 amide bonds. The van der Waals surface area contributed by atoms with E-state index in [-0.39, 0.29) is 6.03 Å². The number of hydrogen-bond donors (Lipinski definition) is 1. The average molecular weight is 317 g/mol. The van der Waals surface area contributed by atoms with Crippen LogP contribution in [-0.2, 0) is 6.54 Å². The molecule has 6 nitrogen and oxygen atoms in total. The van der Waals surface area contributed by atoms with Crippen LogP contribution in [0.4, 0.5) is 10.6 Å². The molecule has 0 radical (unpaired) electrons. The fourth-order valence-electron chi connectivity index (χ4n) is 2.45. The molecule has 2 aromatic rings. The molecule has 2 aromatic heterocycles. The van der Waals surface area contributed by atoms with Crippen LogP contribution in [-0.4, -0.2) is 47.1 Å². The van der Waals surface area contributed by atoms with E-state index >= 15 is 0 Å². The lowest BCUT2D eigenvalue weighted by Crippen LogP contribution is -2.51. The Bertz CT molecular complexity index is 622. The summed E-state index contributed by atoms with van der Waals surface area (Å²) in [5.74, 6) is 0.872. The van der Waals surface area contributed by atoms with E-state index in [0.29, 0.717) is 19.6 Å². The van der Waals surface area contributed by atoms with Crippen LogP contribution in [0.2, 0.25) is 0 Å². The molecule has 0 bridgehead atoms. The van der Waals surface area contributed by atoms with E-state index in [1.54, 1.807) is 29.9 Å². The maximum absolute atomic E-state index is 12.2. The van der Waals surface area contributed by atoms with E-state index in [1.807, 2.05) is 4.90 Å². The van der Waals surface area contributed by atoms with Gasteiger partial charge in [0.2, 0.25) is 0 Å². The molecule has 0 aromatic carbocycles. The minimum Gasteiger partial charge on any atom is -0.352 e. The van der Waals surface area contributed by atoms with E-state index in [9.17, 15) is 4.79 Å². The fraction of sp³-hybridized carbons (Fsp3) is 0.400. The van der Waals surface area contributed by atoms with Gasteiger partial charge in [-0.2, -0.15) is 0 Å². The zero-order valence-corrected chi connectivity index (χ0v) is 13.3. The molecule has 1 saturated heterocycles. The van der Waals surface area contributed by atoms with Crippen molar-refractivity contribution in [3.8, 4) is 0 Å². The third-order valence-electron chi connectivity index (χ3n) is 3.65. The van der Waals surface area contributed by atoms with E-state index in [2.05, 4.69) is 39.2 Å². The molecular weight excluding hydrogens is 298 g/mol. The number of aromatic nitrogens is 2. The zero-order chi connectivity index (χ0) is 15.4. The highest BCUT2D eigenvalue weighted by atomic mass is 32.1. The molecule has 1 aliphatic heterocycles. The molecule has 0 atom stereocenters. The lowest BCUT2D eigenvalue weighted by atomic mass is 10.3. The highest BCUT2D eigenvalue weighted by molar-refractivity contribution is 7.11. The van der Waals surface area contributed by atoms with Gasteiger partial charge in [0.05, 0.1) is 12.7 Å². The van der Waals surface area contributed by atoms with Gasteiger partial charge >= 0.3 is 6.03 Å². The number of carbonyl (C=O) groups is 1. The number of carbonyl (C=O) groups excluding carboxylic acids is 1. The summed E-state index contributed by atoms with van der Waals surface area (Å²) in [4.78, 5) is 27.0. The van der Waals surface area contributed by atoms with Gasteiger partial charge in [0, 0.05) is 48.3 Å². The molecule has 116 valence electrons. The van der Waals surface area contributed by atoms with Gasteiger partial charge in [0.1, 0.15) is 5.82 Å². The summed E-state index contributed by atoms with van der Waals surface area (Å²) in [6, 6.07) is 4.14. The standard InChI is InChI=1S/C15H19N5OS/c1-12-2-3-13(22-12)10-18-15(21)20-8-6-19(7-9-20)14-11-16-4-5-17-14/h2-5,11H,6-10H2,1H3,(H,18,21). The normalized spacial score (nSPS) is 15.0. The second kappa shape index (κ2) is 6.74. The van der Waals surface area contributed by atoms with Crippen LogP contribution in [0.1, 0.15) is 9.75 Å². The van der Waals surface area contributed by atoms with Gasteiger partial charge < -0.3 is 15.1 Å². The Labute approximate surface area is 133 Å². The summed E-state index contributed by atoms with van der Waals surface area (Å²) in [6.07, 6.45) is 5.12. The summed E-state index contributed by atoms with van der Waals surface area (Å²) < 4.78 is 0. The van der Waals surface area contributed by atoms with Crippen LogP contribution in [0, 0.1) is 6.92 Å². The van der Waals surface area contributed by atoms with Gasteiger partial charge in [-0.3, -0.25) is 4.98 Å². The molecule has 0 saturated carbocycles. The fourth-order valence-corrected chi connectivity index (χ4v) is 3.28. The number of aryl methyl sites for hydroxylation is 1. The first-order valence-corrected chi connectivity index (χ1v) is 8.13. The third kappa shape index (κ3) is 3.54. The molecule has 1 fully saturated rings. The number of nitrogens with one attached hydrogen (secondary N) is 1. The van der Waals surface area contributed by atoms with Crippen molar-refractivity contribution in [1.29, 1.82) is 0 Å². The van der Waals surface area contributed by atoms with Gasteiger partial charge in [-0.25, -0.2) is 9.78 Å². The summed E-state index contributed by atoms with van der Waals surface area (Å²) in [5.41, 5.74) is 0. The van der Waals surface area contributed by atoms with Crippen molar-refractivity contribution in [2.45, 2.75) is 13.5 Å². The molecule has 0 spiro atoms. The van der Waals surface area contributed by atoms with Crippen molar-refractivity contribution >= 4 is 23.2 Å². The third-order valence-corrected chi connectivity index (χ3v) is 4.65. The molecule has 3 rings (SSSR count). The molecule has 3 heterocycles. The van der Waals surface area contributed by atoms with E-state index in [0.717, 1.165) is 18.9 Å². The number of nitrogens with zero attached hydrogens (tertiary/aromatic N) is 4. The van der Waals surface area contributed by atoms with Crippen LogP contribution in [0.5, 0.6) is 0 Å². The zero-order valence-electron chi connectivity index (χ0n) is 12.5. The van der Waals surface area contributed by atoms with Crippen molar-refractivity contribution in [2.24, 2.45) is 0 Å². The SMILES string of the molecule is Cc1ccc(CNC(=O)N2CCN(c3cnccn3)CC2)s1. The van der Waals surface area contributed by atoms with Crippen LogP contribution < -0.4 is 10.2 Å². The lowest BCUT2D eigenvalue weighted by Gasteiger charge is -2.35. The minimum absolute atomic E-state index is 0.00449. The van der Waals surface area contributed by atoms with Crippen molar-refractivity contribution < 1.29 is 4.79 Å². The summed E-state index contributed by atoms with van der Waals surface area (Å²) in [7, 11) is 0. The van der Waals surface area contributed by atoms with Crippen molar-refractivity contribution in [2.75, 3.05) is 31.1 Å². The summed E-state index contributed by atoms with van der Waals surface area (Å²) in [6.45, 7) is 5.63. The number of anilines is 1. The van der Waals surface area contributed by atoms with Crippen LogP contribution in [0.3, 0.4) is 0 Å². The predicted molar refractivity (Wildman–Crippen MR) is 87.1 cm³/mol. The van der Waals surface area contributed by atoms with Crippen LogP contribution >= 0.6 is 11.3 Å². The Morgan fingerprint density at radius 3 is 2.73 bits per heavy atom. The highest BCUT2D eigenvalue weighted by Gasteiger charge is 2.21. The molecule has 1 N–H and O–H groups in total. The Morgan fingerprint density at radius 2 is 2.09 bits per heavy atom. The quantitative estimate of drug-likeness (QED) is 0.939. The topological polar surface area (TPSA) is 61.4 Å². The summed E-state index contributed by atoms with van der Waals surface area (Å²) >= 11 is 1.72. The van der Waals surface area contributed by atoms with Gasteiger partial charge in [0.25, 0.3) is 0 Å². The Balaban J connectivity index is 1.47. The second-order valence-electron chi connectivity index (χ2n) is 5.21. The Hall–Kier alpha value is -2.15. The van der Waals surface area contributed by atoms with Crippen LogP contribution in [0.15, 0.2) is 30.7 Å². The number of amides is 2. The first-order chi connectivity index (χ1) is 10.7. The van der Waals surface area contributed by atoms with Gasteiger partial charge in [-0.15, -0.1) is 11.3 Å². The van der Waals surface area contributed by atoms with Crippen molar-refractivity contribution in [3.05, 3.63) is 40.5 Å². The number of hydrogen-bond acceptors (Lipinski definition) is 5. The second-order valence-corrected chi connectivity index (χ2v) is 6.58. The number of thiophene rings is 1. The van der Waals surface area contributed by atoms with Crippen molar-refractivity contribution in [3.63, 3.8) is 0 Å². The largest absolute Gasteiger partial charge is 0.352 e. The first-order valence-electron chi connectivity index (χ1n) is 7.31. The Morgan fingerprint density at radius 1 is 1.27 bits per heavy atom. The van der Waals surface area contributed by atoms with Crippen LogP contribution in [0.25, 0.3) is 0 Å². The highest BCUT2D eigenvalue weighted by Crippen LogP contribution is 2.15. The van der Waals surface area contributed by atoms with Gasteiger partial charge in [0.15, 0.2) is 0 Å². The first kappa shape index (κ1) is 14.8. The lowest BCUT2D eigenvalue weighted by molar-refractivity contribution is 0.194. The molecular formula is C15H19N5OS. The predicted octanol–water partition coefficient (Wildman–Crippen LogP) is 1.88. The number of rotatable bonds is 3. The molecule has 7 heteroatoms. The molecule has 0 unspecified atom stereocenters. The minimum atomic E-state index is 0.00449.